The van der Waals surface area contributed by atoms with Crippen LogP contribution in [0.3, 0.4) is 0 Å². The quantitative estimate of drug-likeness (QED) is 0.782. The highest BCUT2D eigenvalue weighted by Crippen LogP contribution is 2.19. The molecule has 0 aliphatic carbocycles. The van der Waals surface area contributed by atoms with E-state index in [1.54, 1.807) is 18.2 Å². The molecule has 9 heteroatoms. The van der Waals surface area contributed by atoms with Crippen molar-refractivity contribution in [2.24, 2.45) is 0 Å². The number of para-hydroxylation sites is 1. The first-order chi connectivity index (χ1) is 10.3. The topological polar surface area (TPSA) is 118 Å². The van der Waals surface area contributed by atoms with Gasteiger partial charge >= 0.3 is 5.97 Å². The fourth-order valence-corrected chi connectivity index (χ4v) is 2.39. The highest BCUT2D eigenvalue weighted by Gasteiger charge is 2.15. The van der Waals surface area contributed by atoms with E-state index in [1.807, 2.05) is 0 Å². The highest BCUT2D eigenvalue weighted by atomic mass is 32.2. The first-order valence-electron chi connectivity index (χ1n) is 6.35. The molecule has 1 aromatic heterocycles. The Morgan fingerprint density at radius 1 is 1.36 bits per heavy atom. The molecular formula is C13H15N3O5S. The third kappa shape index (κ3) is 3.82. The zero-order chi connectivity index (χ0) is 16.3. The molecule has 2 rings (SSSR count). The fourth-order valence-electron chi connectivity index (χ4n) is 1.84. The van der Waals surface area contributed by atoms with Crippen molar-refractivity contribution < 1.29 is 22.7 Å². The Morgan fingerprint density at radius 3 is 2.73 bits per heavy atom. The second kappa shape index (κ2) is 6.14. The number of nitrogens with one attached hydrogen (secondary N) is 2. The molecule has 0 aliphatic heterocycles. The lowest BCUT2D eigenvalue weighted by Gasteiger charge is -2.00. The molecule has 0 radical (unpaired) electrons. The van der Waals surface area contributed by atoms with E-state index in [9.17, 15) is 18.0 Å². The SMILES string of the molecule is COC(=O)c1cccc2[nH]c(NC(=O)CCS(C)(=O)=O)nc12. The summed E-state index contributed by atoms with van der Waals surface area (Å²) in [4.78, 5) is 30.3. The number of ether oxygens (including phenoxy) is 1. The number of carbonyl (C=O) groups is 2. The number of aromatic nitrogens is 2. The number of carbonyl (C=O) groups excluding carboxylic acids is 2. The first kappa shape index (κ1) is 16.0. The van der Waals surface area contributed by atoms with Gasteiger partial charge in [0, 0.05) is 12.7 Å². The number of methoxy groups -OCH3 is 1. The van der Waals surface area contributed by atoms with Crippen molar-refractivity contribution in [1.82, 2.24) is 9.97 Å². The van der Waals surface area contributed by atoms with Crippen molar-refractivity contribution in [3.63, 3.8) is 0 Å². The Bertz CT molecular complexity index is 825. The number of sulfone groups is 1. The molecule has 0 saturated carbocycles. The second-order valence-corrected chi connectivity index (χ2v) is 6.97. The summed E-state index contributed by atoms with van der Waals surface area (Å²) >= 11 is 0. The number of H-pyrrole nitrogens is 1. The number of fused-ring (bicyclic) bond motifs is 1. The zero-order valence-electron chi connectivity index (χ0n) is 12.0. The molecule has 22 heavy (non-hydrogen) atoms. The average Bonchev–Trinajstić information content (AvgIpc) is 2.85. The molecule has 1 heterocycles. The average molecular weight is 325 g/mol. The van der Waals surface area contributed by atoms with Gasteiger partial charge in [-0.15, -0.1) is 0 Å². The number of imidazole rings is 1. The van der Waals surface area contributed by atoms with Crippen LogP contribution in [0.4, 0.5) is 5.95 Å². The van der Waals surface area contributed by atoms with E-state index < -0.39 is 21.7 Å². The Balaban J connectivity index is 2.20. The van der Waals surface area contributed by atoms with Crippen LogP contribution < -0.4 is 5.32 Å². The third-order valence-corrected chi connectivity index (χ3v) is 3.82. The third-order valence-electron chi connectivity index (χ3n) is 2.88. The maximum atomic E-state index is 11.7. The van der Waals surface area contributed by atoms with Crippen molar-refractivity contribution in [2.75, 3.05) is 24.4 Å². The van der Waals surface area contributed by atoms with E-state index in [4.69, 9.17) is 0 Å². The molecule has 0 unspecified atom stereocenters. The van der Waals surface area contributed by atoms with Gasteiger partial charge in [0.2, 0.25) is 11.9 Å². The van der Waals surface area contributed by atoms with Gasteiger partial charge in [0.25, 0.3) is 0 Å². The minimum Gasteiger partial charge on any atom is -0.465 e. The summed E-state index contributed by atoms with van der Waals surface area (Å²) < 4.78 is 26.7. The van der Waals surface area contributed by atoms with Gasteiger partial charge in [-0.25, -0.2) is 18.2 Å². The standard InChI is InChI=1S/C13H15N3O5S/c1-21-12(18)8-4-3-5-9-11(8)16-13(14-9)15-10(17)6-7-22(2,19)20/h3-5H,6-7H2,1-2H3,(H2,14,15,16,17). The normalized spacial score (nSPS) is 11.4. The van der Waals surface area contributed by atoms with E-state index in [2.05, 4.69) is 20.0 Å². The summed E-state index contributed by atoms with van der Waals surface area (Å²) in [6.07, 6.45) is 0.893. The monoisotopic (exact) mass is 325 g/mol. The smallest absolute Gasteiger partial charge is 0.340 e. The van der Waals surface area contributed by atoms with Crippen molar-refractivity contribution in [1.29, 1.82) is 0 Å². The Hall–Kier alpha value is -2.42. The lowest BCUT2D eigenvalue weighted by molar-refractivity contribution is -0.115. The number of benzene rings is 1. The van der Waals surface area contributed by atoms with Gasteiger partial charge in [-0.1, -0.05) is 6.07 Å². The number of hydrogen-bond donors (Lipinski definition) is 2. The highest BCUT2D eigenvalue weighted by molar-refractivity contribution is 7.90. The lowest BCUT2D eigenvalue weighted by atomic mass is 10.2. The Labute approximate surface area is 126 Å². The molecular weight excluding hydrogens is 310 g/mol. The van der Waals surface area contributed by atoms with Crippen LogP contribution in [0.25, 0.3) is 11.0 Å². The lowest BCUT2D eigenvalue weighted by Crippen LogP contribution is -2.17. The minimum atomic E-state index is -3.21. The molecule has 0 spiro atoms. The number of amides is 1. The van der Waals surface area contributed by atoms with Gasteiger partial charge < -0.3 is 9.72 Å². The molecule has 1 amide bonds. The number of rotatable bonds is 5. The molecule has 0 saturated heterocycles. The zero-order valence-corrected chi connectivity index (χ0v) is 12.9. The predicted molar refractivity (Wildman–Crippen MR) is 80.4 cm³/mol. The molecule has 0 fully saturated rings. The molecule has 1 aromatic carbocycles. The van der Waals surface area contributed by atoms with E-state index in [0.29, 0.717) is 11.0 Å². The van der Waals surface area contributed by atoms with Crippen LogP contribution in [0, 0.1) is 0 Å². The van der Waals surface area contributed by atoms with Crippen LogP contribution in [0.5, 0.6) is 0 Å². The van der Waals surface area contributed by atoms with Gasteiger partial charge in [0.1, 0.15) is 15.4 Å². The number of esters is 1. The number of anilines is 1. The van der Waals surface area contributed by atoms with Crippen molar-refractivity contribution in [3.05, 3.63) is 23.8 Å². The van der Waals surface area contributed by atoms with Gasteiger partial charge in [0.05, 0.1) is 23.9 Å². The van der Waals surface area contributed by atoms with Gasteiger partial charge in [-0.3, -0.25) is 10.1 Å². The Morgan fingerprint density at radius 2 is 2.09 bits per heavy atom. The fraction of sp³-hybridized carbons (Fsp3) is 0.308. The number of nitrogens with zero attached hydrogens (tertiary/aromatic N) is 1. The van der Waals surface area contributed by atoms with E-state index >= 15 is 0 Å². The van der Waals surface area contributed by atoms with Crippen molar-refractivity contribution >= 4 is 38.7 Å². The van der Waals surface area contributed by atoms with Gasteiger partial charge in [-0.05, 0) is 12.1 Å². The molecule has 0 atom stereocenters. The number of hydrogen-bond acceptors (Lipinski definition) is 6. The van der Waals surface area contributed by atoms with Crippen LogP contribution >= 0.6 is 0 Å². The maximum absolute atomic E-state index is 11.7. The summed E-state index contributed by atoms with van der Waals surface area (Å²) in [5.74, 6) is -1.12. The Kier molecular flexibility index (Phi) is 4.45. The molecule has 0 bridgehead atoms. The van der Waals surface area contributed by atoms with E-state index in [1.165, 1.54) is 7.11 Å². The predicted octanol–water partition coefficient (Wildman–Crippen LogP) is 0.723. The molecule has 118 valence electrons. The molecule has 2 N–H and O–H groups in total. The van der Waals surface area contributed by atoms with Crippen molar-refractivity contribution in [3.8, 4) is 0 Å². The minimum absolute atomic E-state index is 0.143. The summed E-state index contributed by atoms with van der Waals surface area (Å²) in [5, 5.41) is 2.47. The van der Waals surface area contributed by atoms with E-state index in [-0.39, 0.29) is 23.7 Å². The molecule has 2 aromatic rings. The largest absolute Gasteiger partial charge is 0.465 e. The van der Waals surface area contributed by atoms with Crippen LogP contribution in [-0.4, -0.2) is 49.4 Å². The van der Waals surface area contributed by atoms with Crippen LogP contribution in [0.1, 0.15) is 16.8 Å². The molecule has 8 nitrogen and oxygen atoms in total. The van der Waals surface area contributed by atoms with Crippen LogP contribution in [0.2, 0.25) is 0 Å². The second-order valence-electron chi connectivity index (χ2n) is 4.71. The van der Waals surface area contributed by atoms with Crippen molar-refractivity contribution in [2.45, 2.75) is 6.42 Å². The maximum Gasteiger partial charge on any atom is 0.340 e. The summed E-state index contributed by atoms with van der Waals surface area (Å²) in [6.45, 7) is 0. The summed E-state index contributed by atoms with van der Waals surface area (Å²) in [6, 6.07) is 4.91. The summed E-state index contributed by atoms with van der Waals surface area (Å²) in [7, 11) is -1.94. The molecule has 0 aliphatic rings. The van der Waals surface area contributed by atoms with Crippen LogP contribution in [-0.2, 0) is 19.4 Å². The van der Waals surface area contributed by atoms with Gasteiger partial charge in [-0.2, -0.15) is 0 Å². The number of aromatic amines is 1. The summed E-state index contributed by atoms with van der Waals surface area (Å²) in [5.41, 5.74) is 1.20. The van der Waals surface area contributed by atoms with E-state index in [0.717, 1.165) is 6.26 Å². The van der Waals surface area contributed by atoms with Gasteiger partial charge in [0.15, 0.2) is 0 Å². The first-order valence-corrected chi connectivity index (χ1v) is 8.41. The van der Waals surface area contributed by atoms with Crippen LogP contribution in [0.15, 0.2) is 18.2 Å².